The maximum absolute atomic E-state index is 4.46. The largest absolute Gasteiger partial charge is 0.357 e. The fourth-order valence-corrected chi connectivity index (χ4v) is 2.25. The summed E-state index contributed by atoms with van der Waals surface area (Å²) in [5.74, 6) is 1.14. The van der Waals surface area contributed by atoms with Crippen LogP contribution in [0.3, 0.4) is 0 Å². The molecule has 0 atom stereocenters. The summed E-state index contributed by atoms with van der Waals surface area (Å²) >= 11 is 0. The minimum Gasteiger partial charge on any atom is -0.357 e. The zero-order valence-electron chi connectivity index (χ0n) is 10.2. The molecule has 16 heavy (non-hydrogen) atoms. The molecule has 4 nitrogen and oxygen atoms in total. The van der Waals surface area contributed by atoms with Gasteiger partial charge in [0.25, 0.3) is 0 Å². The standard InChI is InChI=1S/C12H20N4/c1-3-16(4-2)12-10-5-7-13-8-6-11(10)14-9-15-12/h9,13H,3-8H2,1-2H3. The Morgan fingerprint density at radius 2 is 1.94 bits per heavy atom. The summed E-state index contributed by atoms with van der Waals surface area (Å²) in [6, 6.07) is 0. The Hall–Kier alpha value is -1.16. The number of nitrogens with zero attached hydrogens (tertiary/aromatic N) is 3. The summed E-state index contributed by atoms with van der Waals surface area (Å²) in [6.45, 7) is 8.43. The van der Waals surface area contributed by atoms with Crippen molar-refractivity contribution in [2.75, 3.05) is 31.1 Å². The van der Waals surface area contributed by atoms with Crippen LogP contribution in [0.4, 0.5) is 5.82 Å². The fraction of sp³-hybridized carbons (Fsp3) is 0.667. The Bertz CT molecular complexity index is 347. The lowest BCUT2D eigenvalue weighted by Crippen LogP contribution is -2.25. The highest BCUT2D eigenvalue weighted by atomic mass is 15.2. The Morgan fingerprint density at radius 3 is 2.69 bits per heavy atom. The minimum atomic E-state index is 1.01. The predicted molar refractivity (Wildman–Crippen MR) is 65.9 cm³/mol. The van der Waals surface area contributed by atoms with Gasteiger partial charge in [-0.15, -0.1) is 0 Å². The van der Waals surface area contributed by atoms with E-state index in [1.807, 2.05) is 0 Å². The van der Waals surface area contributed by atoms with E-state index in [4.69, 9.17) is 0 Å². The van der Waals surface area contributed by atoms with E-state index in [2.05, 4.69) is 34.0 Å². The summed E-state index contributed by atoms with van der Waals surface area (Å²) in [4.78, 5) is 11.2. The molecule has 0 amide bonds. The van der Waals surface area contributed by atoms with Crippen molar-refractivity contribution in [2.45, 2.75) is 26.7 Å². The van der Waals surface area contributed by atoms with Gasteiger partial charge >= 0.3 is 0 Å². The van der Waals surface area contributed by atoms with Crippen molar-refractivity contribution in [3.05, 3.63) is 17.6 Å². The second kappa shape index (κ2) is 5.25. The molecule has 0 saturated carbocycles. The average Bonchev–Trinajstić information content (AvgIpc) is 2.56. The monoisotopic (exact) mass is 220 g/mol. The predicted octanol–water partition coefficient (Wildman–Crippen LogP) is 1.01. The van der Waals surface area contributed by atoms with E-state index in [1.165, 1.54) is 11.3 Å². The molecule has 0 fully saturated rings. The zero-order valence-corrected chi connectivity index (χ0v) is 10.2. The molecule has 0 aliphatic carbocycles. The summed E-state index contributed by atoms with van der Waals surface area (Å²) in [5.41, 5.74) is 2.57. The molecule has 1 aliphatic heterocycles. The molecule has 1 aromatic rings. The number of aromatic nitrogens is 2. The first-order chi connectivity index (χ1) is 7.86. The van der Waals surface area contributed by atoms with Crippen molar-refractivity contribution in [1.29, 1.82) is 0 Å². The molecule has 1 aromatic heterocycles. The quantitative estimate of drug-likeness (QED) is 0.825. The third-order valence-corrected chi connectivity index (χ3v) is 3.17. The number of hydrogen-bond acceptors (Lipinski definition) is 4. The van der Waals surface area contributed by atoms with Crippen LogP contribution in [0.15, 0.2) is 6.33 Å². The molecule has 4 heteroatoms. The van der Waals surface area contributed by atoms with E-state index in [9.17, 15) is 0 Å². The van der Waals surface area contributed by atoms with Gasteiger partial charge in [0.2, 0.25) is 0 Å². The second-order valence-corrected chi connectivity index (χ2v) is 4.04. The van der Waals surface area contributed by atoms with Gasteiger partial charge in [-0.1, -0.05) is 0 Å². The molecular formula is C12H20N4. The van der Waals surface area contributed by atoms with Crippen molar-refractivity contribution >= 4 is 5.82 Å². The summed E-state index contributed by atoms with van der Waals surface area (Å²) in [7, 11) is 0. The molecule has 2 rings (SSSR count). The van der Waals surface area contributed by atoms with Crippen LogP contribution in [-0.2, 0) is 12.8 Å². The number of rotatable bonds is 3. The van der Waals surface area contributed by atoms with Gasteiger partial charge in [0, 0.05) is 31.6 Å². The third kappa shape index (κ3) is 2.16. The lowest BCUT2D eigenvalue weighted by Gasteiger charge is -2.23. The molecule has 1 N–H and O–H groups in total. The number of fused-ring (bicyclic) bond motifs is 1. The van der Waals surface area contributed by atoms with Crippen molar-refractivity contribution in [1.82, 2.24) is 15.3 Å². The van der Waals surface area contributed by atoms with Crippen molar-refractivity contribution in [3.63, 3.8) is 0 Å². The van der Waals surface area contributed by atoms with Crippen molar-refractivity contribution in [3.8, 4) is 0 Å². The van der Waals surface area contributed by atoms with Crippen LogP contribution < -0.4 is 10.2 Å². The minimum absolute atomic E-state index is 1.01. The van der Waals surface area contributed by atoms with Gasteiger partial charge in [-0.2, -0.15) is 0 Å². The molecule has 0 radical (unpaired) electrons. The van der Waals surface area contributed by atoms with Gasteiger partial charge in [-0.25, -0.2) is 9.97 Å². The van der Waals surface area contributed by atoms with Gasteiger partial charge in [0.1, 0.15) is 12.1 Å². The molecule has 1 aliphatic rings. The lowest BCUT2D eigenvalue weighted by molar-refractivity contribution is 0.708. The molecule has 88 valence electrons. The van der Waals surface area contributed by atoms with Crippen LogP contribution >= 0.6 is 0 Å². The van der Waals surface area contributed by atoms with Crippen LogP contribution in [0, 0.1) is 0 Å². The molecular weight excluding hydrogens is 200 g/mol. The lowest BCUT2D eigenvalue weighted by atomic mass is 10.1. The topological polar surface area (TPSA) is 41.1 Å². The summed E-state index contributed by atoms with van der Waals surface area (Å²) in [5, 5.41) is 3.41. The molecule has 0 unspecified atom stereocenters. The van der Waals surface area contributed by atoms with Crippen molar-refractivity contribution in [2.24, 2.45) is 0 Å². The Labute approximate surface area is 97.1 Å². The number of anilines is 1. The third-order valence-electron chi connectivity index (χ3n) is 3.17. The van der Waals surface area contributed by atoms with E-state index in [-0.39, 0.29) is 0 Å². The second-order valence-electron chi connectivity index (χ2n) is 4.04. The van der Waals surface area contributed by atoms with Crippen molar-refractivity contribution < 1.29 is 0 Å². The van der Waals surface area contributed by atoms with Gasteiger partial charge in [0.15, 0.2) is 0 Å². The Balaban J connectivity index is 2.37. The highest BCUT2D eigenvalue weighted by Gasteiger charge is 2.16. The Morgan fingerprint density at radius 1 is 1.19 bits per heavy atom. The normalized spacial score (nSPS) is 15.4. The molecule has 0 aromatic carbocycles. The van der Waals surface area contributed by atoms with E-state index < -0.39 is 0 Å². The van der Waals surface area contributed by atoms with E-state index in [1.54, 1.807) is 6.33 Å². The SMILES string of the molecule is CCN(CC)c1ncnc2c1CCNCC2. The van der Waals surface area contributed by atoms with Crippen LogP contribution in [-0.4, -0.2) is 36.1 Å². The summed E-state index contributed by atoms with van der Waals surface area (Å²) in [6.07, 6.45) is 3.77. The van der Waals surface area contributed by atoms with Crippen LogP contribution in [0.5, 0.6) is 0 Å². The van der Waals surface area contributed by atoms with Crippen LogP contribution in [0.2, 0.25) is 0 Å². The van der Waals surface area contributed by atoms with Gasteiger partial charge < -0.3 is 10.2 Å². The first-order valence-electron chi connectivity index (χ1n) is 6.15. The smallest absolute Gasteiger partial charge is 0.135 e. The van der Waals surface area contributed by atoms with Gasteiger partial charge in [-0.3, -0.25) is 0 Å². The Kier molecular flexibility index (Phi) is 3.72. The highest BCUT2D eigenvalue weighted by Crippen LogP contribution is 2.21. The molecule has 2 heterocycles. The molecule has 0 spiro atoms. The van der Waals surface area contributed by atoms with Crippen LogP contribution in [0.25, 0.3) is 0 Å². The molecule has 0 saturated heterocycles. The maximum Gasteiger partial charge on any atom is 0.135 e. The van der Waals surface area contributed by atoms with E-state index in [0.717, 1.165) is 44.8 Å². The fourth-order valence-electron chi connectivity index (χ4n) is 2.25. The number of nitrogens with one attached hydrogen (secondary N) is 1. The van der Waals surface area contributed by atoms with Gasteiger partial charge in [0.05, 0.1) is 5.69 Å². The zero-order chi connectivity index (χ0) is 11.4. The highest BCUT2D eigenvalue weighted by molar-refractivity contribution is 5.49. The molecule has 0 bridgehead atoms. The first-order valence-corrected chi connectivity index (χ1v) is 6.15. The van der Waals surface area contributed by atoms with Gasteiger partial charge in [-0.05, 0) is 26.8 Å². The first kappa shape index (κ1) is 11.3. The van der Waals surface area contributed by atoms with E-state index in [0.29, 0.717) is 0 Å². The van der Waals surface area contributed by atoms with Crippen LogP contribution in [0.1, 0.15) is 25.1 Å². The number of hydrogen-bond donors (Lipinski definition) is 1. The average molecular weight is 220 g/mol. The van der Waals surface area contributed by atoms with E-state index >= 15 is 0 Å². The summed E-state index contributed by atoms with van der Waals surface area (Å²) < 4.78 is 0. The maximum atomic E-state index is 4.46.